The average molecular weight is 651 g/mol. The van der Waals surface area contributed by atoms with Crippen LogP contribution in [0.3, 0.4) is 0 Å². The van der Waals surface area contributed by atoms with Crippen LogP contribution in [0.2, 0.25) is 0 Å². The molecule has 0 spiro atoms. The maximum absolute atomic E-state index is 14.0. The van der Waals surface area contributed by atoms with E-state index in [0.29, 0.717) is 19.3 Å². The van der Waals surface area contributed by atoms with Gasteiger partial charge in [0, 0.05) is 12.8 Å². The standard InChI is InChI=1S/C36H54N6O5/c1-7-22(4)29(37)35(46)42-31(24(6)9-3)36(47)40-27(20-25-16-12-10-13-17-25)33(44)39-28(21-26-18-14-11-15-19-26)34(45)41-30(32(38)43)23(5)8-2/h10-19,22-24,27-31H,7-9,20-21,37H2,1-6H3,(H2,38,43)(H,39,44)(H,40,47)(H,41,45)(H,42,46)/t22-,23-,24-,27+,28+,29+,30+,31+/m0/s1. The fourth-order valence-electron chi connectivity index (χ4n) is 5.10. The lowest BCUT2D eigenvalue weighted by Gasteiger charge is -2.29. The van der Waals surface area contributed by atoms with E-state index in [-0.39, 0.29) is 30.6 Å². The molecule has 0 aliphatic rings. The molecule has 11 nitrogen and oxygen atoms in total. The zero-order chi connectivity index (χ0) is 35.1. The van der Waals surface area contributed by atoms with Gasteiger partial charge >= 0.3 is 0 Å². The second kappa shape index (κ2) is 19.4. The van der Waals surface area contributed by atoms with Gasteiger partial charge in [0.15, 0.2) is 0 Å². The lowest BCUT2D eigenvalue weighted by Crippen LogP contribution is -2.61. The zero-order valence-corrected chi connectivity index (χ0v) is 28.6. The van der Waals surface area contributed by atoms with E-state index in [4.69, 9.17) is 11.5 Å². The van der Waals surface area contributed by atoms with E-state index < -0.39 is 59.7 Å². The van der Waals surface area contributed by atoms with Crippen molar-refractivity contribution in [1.82, 2.24) is 21.3 Å². The molecule has 0 unspecified atom stereocenters. The molecule has 0 bridgehead atoms. The predicted octanol–water partition coefficient (Wildman–Crippen LogP) is 2.36. The van der Waals surface area contributed by atoms with Crippen LogP contribution < -0.4 is 32.7 Å². The van der Waals surface area contributed by atoms with Crippen molar-refractivity contribution in [3.05, 3.63) is 71.8 Å². The summed E-state index contributed by atoms with van der Waals surface area (Å²) in [6.45, 7) is 11.3. The number of benzene rings is 2. The molecule has 47 heavy (non-hydrogen) atoms. The van der Waals surface area contributed by atoms with Gasteiger partial charge in [0.2, 0.25) is 29.5 Å². The molecule has 2 rings (SSSR count). The molecule has 0 aromatic heterocycles. The van der Waals surface area contributed by atoms with Crippen LogP contribution in [-0.4, -0.2) is 59.7 Å². The van der Waals surface area contributed by atoms with Crippen molar-refractivity contribution in [3.8, 4) is 0 Å². The summed E-state index contributed by atoms with van der Waals surface area (Å²) in [6, 6.07) is 13.5. The number of amides is 5. The van der Waals surface area contributed by atoms with Crippen LogP contribution >= 0.6 is 0 Å². The van der Waals surface area contributed by atoms with Crippen molar-refractivity contribution < 1.29 is 24.0 Å². The van der Waals surface area contributed by atoms with Gasteiger partial charge in [-0.05, 0) is 28.9 Å². The second-order valence-corrected chi connectivity index (χ2v) is 12.6. The summed E-state index contributed by atoms with van der Waals surface area (Å²) in [7, 11) is 0. The SMILES string of the molecule is CC[C@H](C)[C@@H](N)C(=O)N[C@@H](C(=O)N[C@H](Cc1ccccc1)C(=O)N[C@H](Cc1ccccc1)C(=O)N[C@@H](C(N)=O)[C@@H](C)CC)[C@@H](C)CC. The maximum Gasteiger partial charge on any atom is 0.243 e. The topological polar surface area (TPSA) is 186 Å². The molecule has 2 aromatic carbocycles. The minimum atomic E-state index is -1.09. The summed E-state index contributed by atoms with van der Waals surface area (Å²) in [5.74, 6) is -3.37. The van der Waals surface area contributed by atoms with Crippen molar-refractivity contribution in [2.24, 2.45) is 29.2 Å². The van der Waals surface area contributed by atoms with E-state index in [1.165, 1.54) is 0 Å². The van der Waals surface area contributed by atoms with Crippen LogP contribution in [0.5, 0.6) is 0 Å². The smallest absolute Gasteiger partial charge is 0.243 e. The highest BCUT2D eigenvalue weighted by Crippen LogP contribution is 2.14. The van der Waals surface area contributed by atoms with Gasteiger partial charge in [-0.2, -0.15) is 0 Å². The van der Waals surface area contributed by atoms with E-state index in [2.05, 4.69) is 21.3 Å². The first-order chi connectivity index (χ1) is 22.3. The highest BCUT2D eigenvalue weighted by molar-refractivity contribution is 5.96. The van der Waals surface area contributed by atoms with Crippen LogP contribution in [0.25, 0.3) is 0 Å². The monoisotopic (exact) mass is 650 g/mol. The van der Waals surface area contributed by atoms with Gasteiger partial charge in [-0.25, -0.2) is 0 Å². The summed E-state index contributed by atoms with van der Waals surface area (Å²) >= 11 is 0. The zero-order valence-electron chi connectivity index (χ0n) is 28.6. The summed E-state index contributed by atoms with van der Waals surface area (Å²) in [6.07, 6.45) is 2.15. The van der Waals surface area contributed by atoms with E-state index in [1.807, 2.05) is 102 Å². The first-order valence-corrected chi connectivity index (χ1v) is 16.7. The van der Waals surface area contributed by atoms with E-state index in [1.54, 1.807) is 0 Å². The molecule has 0 saturated heterocycles. The lowest BCUT2D eigenvalue weighted by molar-refractivity contribution is -0.135. The average Bonchev–Trinajstić information content (AvgIpc) is 3.07. The van der Waals surface area contributed by atoms with Crippen molar-refractivity contribution in [1.29, 1.82) is 0 Å². The minimum Gasteiger partial charge on any atom is -0.368 e. The molecular formula is C36H54N6O5. The van der Waals surface area contributed by atoms with Gasteiger partial charge in [0.05, 0.1) is 6.04 Å². The van der Waals surface area contributed by atoms with Crippen LogP contribution in [-0.2, 0) is 36.8 Å². The molecule has 5 amide bonds. The molecule has 8 atom stereocenters. The quantitative estimate of drug-likeness (QED) is 0.136. The largest absolute Gasteiger partial charge is 0.368 e. The molecule has 0 heterocycles. The number of carbonyl (C=O) groups is 5. The molecule has 0 aliphatic heterocycles. The minimum absolute atomic E-state index is 0.0885. The summed E-state index contributed by atoms with van der Waals surface area (Å²) in [4.78, 5) is 66.7. The Labute approximate surface area is 279 Å². The number of nitrogens with two attached hydrogens (primary N) is 2. The number of hydrogen-bond donors (Lipinski definition) is 6. The summed E-state index contributed by atoms with van der Waals surface area (Å²) in [5.41, 5.74) is 13.4. The molecule has 0 fully saturated rings. The number of rotatable bonds is 19. The third-order valence-electron chi connectivity index (χ3n) is 9.00. The normalized spacial score (nSPS) is 16.2. The third-order valence-corrected chi connectivity index (χ3v) is 9.00. The lowest BCUT2D eigenvalue weighted by atomic mass is 9.94. The number of primary amides is 1. The highest BCUT2D eigenvalue weighted by atomic mass is 16.2. The Bertz CT molecular complexity index is 1310. The van der Waals surface area contributed by atoms with E-state index in [9.17, 15) is 24.0 Å². The molecule has 2 aromatic rings. The Morgan fingerprint density at radius 2 is 0.936 bits per heavy atom. The fourth-order valence-corrected chi connectivity index (χ4v) is 5.10. The van der Waals surface area contributed by atoms with Gasteiger partial charge < -0.3 is 32.7 Å². The van der Waals surface area contributed by atoms with Crippen LogP contribution in [0.15, 0.2) is 60.7 Å². The highest BCUT2D eigenvalue weighted by Gasteiger charge is 2.34. The van der Waals surface area contributed by atoms with Crippen molar-refractivity contribution >= 4 is 29.5 Å². The van der Waals surface area contributed by atoms with Gasteiger partial charge in [-0.15, -0.1) is 0 Å². The van der Waals surface area contributed by atoms with E-state index >= 15 is 0 Å². The molecule has 11 heteroatoms. The second-order valence-electron chi connectivity index (χ2n) is 12.6. The number of hydrogen-bond acceptors (Lipinski definition) is 6. The third kappa shape index (κ3) is 12.1. The van der Waals surface area contributed by atoms with Crippen molar-refractivity contribution in [2.75, 3.05) is 0 Å². The van der Waals surface area contributed by atoms with Crippen LogP contribution in [0.1, 0.15) is 71.9 Å². The van der Waals surface area contributed by atoms with Gasteiger partial charge in [-0.1, -0.05) is 121 Å². The molecule has 0 saturated carbocycles. The first kappa shape index (κ1) is 38.9. The van der Waals surface area contributed by atoms with E-state index in [0.717, 1.165) is 11.1 Å². The molecule has 0 radical (unpaired) electrons. The van der Waals surface area contributed by atoms with Crippen LogP contribution in [0.4, 0.5) is 0 Å². The molecule has 258 valence electrons. The Morgan fingerprint density at radius 3 is 1.36 bits per heavy atom. The maximum atomic E-state index is 14.0. The van der Waals surface area contributed by atoms with Gasteiger partial charge in [-0.3, -0.25) is 24.0 Å². The number of nitrogens with one attached hydrogen (secondary N) is 4. The summed E-state index contributed by atoms with van der Waals surface area (Å²) in [5, 5.41) is 11.2. The van der Waals surface area contributed by atoms with Crippen LogP contribution in [0, 0.1) is 17.8 Å². The Kier molecular flexibility index (Phi) is 16.1. The molecule has 0 aliphatic carbocycles. The Hall–Kier alpha value is -4.25. The Morgan fingerprint density at radius 1 is 0.553 bits per heavy atom. The molecule has 8 N–H and O–H groups in total. The number of carbonyl (C=O) groups excluding carboxylic acids is 5. The molecular weight excluding hydrogens is 596 g/mol. The van der Waals surface area contributed by atoms with Crippen molar-refractivity contribution in [2.45, 2.75) is 104 Å². The summed E-state index contributed by atoms with van der Waals surface area (Å²) < 4.78 is 0. The fraction of sp³-hybridized carbons (Fsp3) is 0.528. The predicted molar refractivity (Wildman–Crippen MR) is 184 cm³/mol. The van der Waals surface area contributed by atoms with Crippen molar-refractivity contribution in [3.63, 3.8) is 0 Å². The van der Waals surface area contributed by atoms with Gasteiger partial charge in [0.1, 0.15) is 24.2 Å². The first-order valence-electron chi connectivity index (χ1n) is 16.7. The van der Waals surface area contributed by atoms with Gasteiger partial charge in [0.25, 0.3) is 0 Å². The Balaban J connectivity index is 2.41.